The Kier molecular flexibility index (Phi) is 7.62. The molecule has 150 valence electrons. The molecule has 3 heteroatoms. The first-order chi connectivity index (χ1) is 14.1. The van der Waals surface area contributed by atoms with Crippen LogP contribution in [0.3, 0.4) is 0 Å². The van der Waals surface area contributed by atoms with Crippen molar-refractivity contribution in [3.63, 3.8) is 0 Å². The van der Waals surface area contributed by atoms with Crippen molar-refractivity contribution in [1.29, 1.82) is 0 Å². The number of hydrogen-bond acceptors (Lipinski definition) is 3. The molecule has 0 amide bonds. The molecule has 0 fully saturated rings. The highest BCUT2D eigenvalue weighted by Gasteiger charge is 2.10. The fourth-order valence-corrected chi connectivity index (χ4v) is 3.12. The van der Waals surface area contributed by atoms with Gasteiger partial charge in [0, 0.05) is 6.54 Å². The third kappa shape index (κ3) is 6.60. The Hall–Kier alpha value is -2.88. The minimum atomic E-state index is -0.676. The van der Waals surface area contributed by atoms with Crippen LogP contribution < -0.4 is 4.74 Å². The number of ether oxygens (including phenoxy) is 1. The van der Waals surface area contributed by atoms with E-state index in [2.05, 4.69) is 29.2 Å². The van der Waals surface area contributed by atoms with Gasteiger partial charge in [-0.1, -0.05) is 72.8 Å². The van der Waals surface area contributed by atoms with E-state index in [0.29, 0.717) is 6.61 Å². The van der Waals surface area contributed by atoms with Gasteiger partial charge in [-0.3, -0.25) is 0 Å². The molecule has 0 bridgehead atoms. The van der Waals surface area contributed by atoms with E-state index < -0.39 is 6.10 Å². The van der Waals surface area contributed by atoms with Gasteiger partial charge in [0.25, 0.3) is 0 Å². The number of aliphatic hydroxyl groups excluding tert-OH is 1. The molecular formula is C26H29NO2. The van der Waals surface area contributed by atoms with E-state index in [4.69, 9.17) is 4.74 Å². The maximum absolute atomic E-state index is 10.8. The minimum absolute atomic E-state index is 0.643. The number of likely N-dealkylation sites (N-methyl/N-ethyl adjacent to an activating group) is 1. The molecule has 0 aliphatic heterocycles. The minimum Gasteiger partial charge on any atom is -0.492 e. The Morgan fingerprint density at radius 1 is 0.897 bits per heavy atom. The zero-order valence-corrected chi connectivity index (χ0v) is 17.2. The molecule has 1 N–H and O–H groups in total. The van der Waals surface area contributed by atoms with Gasteiger partial charge < -0.3 is 14.7 Å². The van der Waals surface area contributed by atoms with Crippen LogP contribution in [0.2, 0.25) is 0 Å². The molecule has 0 saturated carbocycles. The molecule has 3 aromatic rings. The van der Waals surface area contributed by atoms with Crippen LogP contribution in [-0.2, 0) is 6.42 Å². The molecule has 0 saturated heterocycles. The highest BCUT2D eigenvalue weighted by molar-refractivity contribution is 5.68. The molecule has 0 heterocycles. The van der Waals surface area contributed by atoms with Crippen molar-refractivity contribution in [2.75, 3.05) is 27.2 Å². The van der Waals surface area contributed by atoms with E-state index in [-0.39, 0.29) is 0 Å². The van der Waals surface area contributed by atoms with Crippen LogP contribution in [0, 0.1) is 0 Å². The van der Waals surface area contributed by atoms with Crippen LogP contribution >= 0.6 is 0 Å². The fourth-order valence-electron chi connectivity index (χ4n) is 3.12. The average molecular weight is 388 g/mol. The second-order valence-electron chi connectivity index (χ2n) is 7.39. The number of aliphatic hydroxyl groups is 1. The van der Waals surface area contributed by atoms with Gasteiger partial charge in [0.05, 0.1) is 6.10 Å². The second-order valence-corrected chi connectivity index (χ2v) is 7.39. The van der Waals surface area contributed by atoms with Crippen molar-refractivity contribution < 1.29 is 9.84 Å². The van der Waals surface area contributed by atoms with Crippen LogP contribution in [-0.4, -0.2) is 37.3 Å². The highest BCUT2D eigenvalue weighted by atomic mass is 16.5. The number of nitrogens with zero attached hydrogens (tertiary/aromatic N) is 1. The first-order valence-electron chi connectivity index (χ1n) is 9.97. The van der Waals surface area contributed by atoms with Gasteiger partial charge in [0.15, 0.2) is 0 Å². The molecule has 0 aliphatic carbocycles. The summed E-state index contributed by atoms with van der Waals surface area (Å²) < 4.78 is 5.74. The van der Waals surface area contributed by atoms with Gasteiger partial charge >= 0.3 is 0 Å². The number of allylic oxidation sites excluding steroid dienone is 1. The van der Waals surface area contributed by atoms with E-state index >= 15 is 0 Å². The molecule has 3 rings (SSSR count). The van der Waals surface area contributed by atoms with Crippen LogP contribution in [0.15, 0.2) is 91.0 Å². The first-order valence-corrected chi connectivity index (χ1v) is 9.97. The lowest BCUT2D eigenvalue weighted by Gasteiger charge is -2.14. The quantitative estimate of drug-likeness (QED) is 0.562. The van der Waals surface area contributed by atoms with Crippen molar-refractivity contribution in [3.8, 4) is 5.75 Å². The second kappa shape index (κ2) is 10.6. The lowest BCUT2D eigenvalue weighted by Crippen LogP contribution is -2.19. The summed E-state index contributed by atoms with van der Waals surface area (Å²) in [6.07, 6.45) is 2.04. The van der Waals surface area contributed by atoms with Gasteiger partial charge in [-0.15, -0.1) is 0 Å². The van der Waals surface area contributed by atoms with E-state index in [0.717, 1.165) is 35.4 Å². The lowest BCUT2D eigenvalue weighted by molar-refractivity contribution is 0.228. The van der Waals surface area contributed by atoms with Crippen molar-refractivity contribution >= 4 is 5.57 Å². The van der Waals surface area contributed by atoms with Gasteiger partial charge in [0.1, 0.15) is 12.4 Å². The van der Waals surface area contributed by atoms with Crippen LogP contribution in [0.5, 0.6) is 5.75 Å². The predicted molar refractivity (Wildman–Crippen MR) is 120 cm³/mol. The molecule has 1 atom stereocenters. The molecule has 0 aliphatic rings. The van der Waals surface area contributed by atoms with Gasteiger partial charge in [-0.2, -0.15) is 0 Å². The topological polar surface area (TPSA) is 32.7 Å². The standard InChI is InChI=1S/C26H29NO2/c1-27(2)17-18-29-25-15-13-23(14-16-25)26(28)20-24(22-11-7-4-8-12-22)19-21-9-5-3-6-10-21/h3-16,20,26,28H,17-19H2,1-2H3. The normalized spacial score (nSPS) is 12.8. The Balaban J connectivity index is 1.76. The number of rotatable bonds is 9. The zero-order valence-electron chi connectivity index (χ0n) is 17.2. The third-order valence-corrected chi connectivity index (χ3v) is 4.77. The molecule has 0 aromatic heterocycles. The summed E-state index contributed by atoms with van der Waals surface area (Å²) in [7, 11) is 4.05. The Bertz CT molecular complexity index is 887. The summed E-state index contributed by atoms with van der Waals surface area (Å²) in [5.74, 6) is 0.819. The summed E-state index contributed by atoms with van der Waals surface area (Å²) in [6.45, 7) is 1.51. The maximum atomic E-state index is 10.8. The Labute approximate surface area is 173 Å². The Morgan fingerprint density at radius 2 is 1.52 bits per heavy atom. The SMILES string of the molecule is CN(C)CCOc1ccc(C(O)C=C(Cc2ccccc2)c2ccccc2)cc1. The van der Waals surface area contributed by atoms with E-state index in [1.807, 2.05) is 80.8 Å². The summed E-state index contributed by atoms with van der Waals surface area (Å²) in [5, 5.41) is 10.8. The summed E-state index contributed by atoms with van der Waals surface area (Å²) in [6, 6.07) is 28.3. The van der Waals surface area contributed by atoms with Crippen LogP contribution in [0.4, 0.5) is 0 Å². The molecule has 1 unspecified atom stereocenters. The van der Waals surface area contributed by atoms with Crippen LogP contribution in [0.25, 0.3) is 5.57 Å². The highest BCUT2D eigenvalue weighted by Crippen LogP contribution is 2.26. The molecular weight excluding hydrogens is 358 g/mol. The third-order valence-electron chi connectivity index (χ3n) is 4.77. The molecule has 0 spiro atoms. The molecule has 29 heavy (non-hydrogen) atoms. The largest absolute Gasteiger partial charge is 0.492 e. The lowest BCUT2D eigenvalue weighted by atomic mass is 9.95. The predicted octanol–water partition coefficient (Wildman–Crippen LogP) is 4.99. The first kappa shape index (κ1) is 20.8. The number of benzene rings is 3. The van der Waals surface area contributed by atoms with E-state index in [1.54, 1.807) is 0 Å². The van der Waals surface area contributed by atoms with Crippen LogP contribution in [0.1, 0.15) is 22.8 Å². The zero-order chi connectivity index (χ0) is 20.5. The monoisotopic (exact) mass is 387 g/mol. The summed E-state index contributed by atoms with van der Waals surface area (Å²) in [5.41, 5.74) is 4.31. The summed E-state index contributed by atoms with van der Waals surface area (Å²) >= 11 is 0. The van der Waals surface area contributed by atoms with E-state index in [9.17, 15) is 5.11 Å². The van der Waals surface area contributed by atoms with Crippen molar-refractivity contribution in [1.82, 2.24) is 4.90 Å². The van der Waals surface area contributed by atoms with Crippen molar-refractivity contribution in [2.45, 2.75) is 12.5 Å². The number of hydrogen-bond donors (Lipinski definition) is 1. The van der Waals surface area contributed by atoms with Gasteiger partial charge in [-0.05, 0) is 61.0 Å². The molecule has 3 nitrogen and oxygen atoms in total. The molecule has 3 aromatic carbocycles. The summed E-state index contributed by atoms with van der Waals surface area (Å²) in [4.78, 5) is 2.08. The van der Waals surface area contributed by atoms with Crippen molar-refractivity contribution in [3.05, 3.63) is 108 Å². The molecule has 0 radical (unpaired) electrons. The van der Waals surface area contributed by atoms with Crippen molar-refractivity contribution in [2.24, 2.45) is 0 Å². The fraction of sp³-hybridized carbons (Fsp3) is 0.231. The Morgan fingerprint density at radius 3 is 2.14 bits per heavy atom. The van der Waals surface area contributed by atoms with E-state index in [1.165, 1.54) is 5.56 Å². The maximum Gasteiger partial charge on any atom is 0.119 e. The average Bonchev–Trinajstić information content (AvgIpc) is 2.75. The van der Waals surface area contributed by atoms with Gasteiger partial charge in [0.2, 0.25) is 0 Å². The van der Waals surface area contributed by atoms with Gasteiger partial charge in [-0.25, -0.2) is 0 Å². The smallest absolute Gasteiger partial charge is 0.119 e.